The first-order valence-corrected chi connectivity index (χ1v) is 11.3. The van der Waals surface area contributed by atoms with Crippen molar-refractivity contribution in [3.05, 3.63) is 52.2 Å². The molecule has 32 heavy (non-hydrogen) atoms. The highest BCUT2D eigenvalue weighted by Crippen LogP contribution is 2.32. The Morgan fingerprint density at radius 2 is 1.94 bits per heavy atom. The summed E-state index contributed by atoms with van der Waals surface area (Å²) >= 11 is 0.980. The number of likely N-dealkylation sites (N-methyl/N-ethyl adjacent to an activating group) is 1. The van der Waals surface area contributed by atoms with Gasteiger partial charge in [0, 0.05) is 46.0 Å². The molecule has 0 amide bonds. The standard InChI is InChI=1S/C22H28F2N6OS/c1-4-6-17(26-9-10-30-13-11-28(2)12-14-30)29(3)22-27-21(25)20(32-22)19(31)18-15(23)7-5-8-16(18)24/h5-9H,4,10-14,25H2,1-3H3/b17-6+,26-9-. The number of piperazine rings is 1. The predicted octanol–water partition coefficient (Wildman–Crippen LogP) is 3.24. The average Bonchev–Trinajstić information content (AvgIpc) is 3.15. The van der Waals surface area contributed by atoms with Crippen LogP contribution < -0.4 is 10.6 Å². The highest BCUT2D eigenvalue weighted by Gasteiger charge is 2.25. The quantitative estimate of drug-likeness (QED) is 0.479. The first-order valence-electron chi connectivity index (χ1n) is 10.4. The van der Waals surface area contributed by atoms with Crippen LogP contribution in [0.25, 0.3) is 0 Å². The molecule has 172 valence electrons. The number of carbonyl (C=O) groups excluding carboxylic acids is 1. The summed E-state index contributed by atoms with van der Waals surface area (Å²) in [6.45, 7) is 6.78. The van der Waals surface area contributed by atoms with Gasteiger partial charge in [0.1, 0.15) is 28.2 Å². The van der Waals surface area contributed by atoms with E-state index in [0.717, 1.165) is 62.6 Å². The Balaban J connectivity index is 1.77. The van der Waals surface area contributed by atoms with E-state index in [2.05, 4.69) is 26.8 Å². The van der Waals surface area contributed by atoms with E-state index >= 15 is 0 Å². The molecule has 2 aromatic rings. The minimum Gasteiger partial charge on any atom is -0.382 e. The molecular weight excluding hydrogens is 434 g/mol. The van der Waals surface area contributed by atoms with E-state index in [-0.39, 0.29) is 10.7 Å². The monoisotopic (exact) mass is 462 g/mol. The Bertz CT molecular complexity index is 994. The molecule has 1 aliphatic rings. The molecule has 7 nitrogen and oxygen atoms in total. The average molecular weight is 463 g/mol. The fraction of sp³-hybridized carbons (Fsp3) is 0.409. The number of aromatic nitrogens is 1. The minimum atomic E-state index is -0.933. The maximum atomic E-state index is 14.1. The molecule has 0 radical (unpaired) electrons. The Morgan fingerprint density at radius 1 is 1.28 bits per heavy atom. The van der Waals surface area contributed by atoms with Gasteiger partial charge in [-0.25, -0.2) is 18.8 Å². The van der Waals surface area contributed by atoms with Gasteiger partial charge in [0.25, 0.3) is 0 Å². The molecule has 10 heteroatoms. The number of benzene rings is 1. The van der Waals surface area contributed by atoms with E-state index < -0.39 is 23.0 Å². The lowest BCUT2D eigenvalue weighted by atomic mass is 10.1. The van der Waals surface area contributed by atoms with Gasteiger partial charge in [-0.3, -0.25) is 9.69 Å². The summed E-state index contributed by atoms with van der Waals surface area (Å²) < 4.78 is 28.1. The first-order chi connectivity index (χ1) is 15.3. The largest absolute Gasteiger partial charge is 0.382 e. The molecule has 0 bridgehead atoms. The molecule has 2 heterocycles. The maximum Gasteiger partial charge on any atom is 0.212 e. The van der Waals surface area contributed by atoms with Crippen molar-refractivity contribution in [1.82, 2.24) is 14.8 Å². The Labute approximate surface area is 190 Å². The molecule has 1 aromatic heterocycles. The number of rotatable bonds is 8. The highest BCUT2D eigenvalue weighted by atomic mass is 32.1. The number of allylic oxidation sites excluding steroid dienone is 1. The lowest BCUT2D eigenvalue weighted by molar-refractivity contribution is 0.103. The number of nitrogens with two attached hydrogens (primary N) is 1. The van der Waals surface area contributed by atoms with Crippen LogP contribution in [0.1, 0.15) is 28.6 Å². The van der Waals surface area contributed by atoms with Gasteiger partial charge in [0.2, 0.25) is 5.78 Å². The zero-order chi connectivity index (χ0) is 23.3. The van der Waals surface area contributed by atoms with Crippen LogP contribution in [0.3, 0.4) is 0 Å². The van der Waals surface area contributed by atoms with E-state index in [1.807, 2.05) is 19.2 Å². The zero-order valence-electron chi connectivity index (χ0n) is 18.5. The molecular formula is C22H28F2N6OS. The Kier molecular flexibility index (Phi) is 8.05. The summed E-state index contributed by atoms with van der Waals surface area (Å²) in [7, 11) is 3.88. The van der Waals surface area contributed by atoms with Gasteiger partial charge in [0.15, 0.2) is 5.13 Å². The summed E-state index contributed by atoms with van der Waals surface area (Å²) in [4.78, 5) is 27.9. The fourth-order valence-electron chi connectivity index (χ4n) is 3.29. The molecule has 0 aliphatic carbocycles. The summed E-state index contributed by atoms with van der Waals surface area (Å²) in [5, 5.41) is 0.416. The second-order valence-electron chi connectivity index (χ2n) is 7.58. The van der Waals surface area contributed by atoms with Gasteiger partial charge in [-0.2, -0.15) is 0 Å². The van der Waals surface area contributed by atoms with Crippen molar-refractivity contribution in [3.63, 3.8) is 0 Å². The second-order valence-corrected chi connectivity index (χ2v) is 8.56. The lowest BCUT2D eigenvalue weighted by Crippen LogP contribution is -2.45. The number of halogens is 2. The normalized spacial score (nSPS) is 16.1. The van der Waals surface area contributed by atoms with Crippen LogP contribution in [-0.4, -0.2) is 73.6 Å². The van der Waals surface area contributed by atoms with E-state index in [4.69, 9.17) is 5.73 Å². The van der Waals surface area contributed by atoms with Crippen LogP contribution in [0.4, 0.5) is 19.7 Å². The van der Waals surface area contributed by atoms with Crippen LogP contribution >= 0.6 is 11.3 Å². The number of anilines is 2. The van der Waals surface area contributed by atoms with Crippen LogP contribution in [0.5, 0.6) is 0 Å². The molecule has 3 rings (SSSR count). The number of nitrogens with zero attached hydrogens (tertiary/aromatic N) is 5. The molecule has 1 fully saturated rings. The summed E-state index contributed by atoms with van der Waals surface area (Å²) in [5.74, 6) is -2.10. The lowest BCUT2D eigenvalue weighted by Gasteiger charge is -2.31. The van der Waals surface area contributed by atoms with Crippen LogP contribution in [-0.2, 0) is 0 Å². The minimum absolute atomic E-state index is 0.00638. The van der Waals surface area contributed by atoms with Gasteiger partial charge in [-0.15, -0.1) is 0 Å². The topological polar surface area (TPSA) is 78.1 Å². The molecule has 1 aliphatic heterocycles. The zero-order valence-corrected chi connectivity index (χ0v) is 19.3. The van der Waals surface area contributed by atoms with Gasteiger partial charge in [-0.05, 0) is 31.7 Å². The molecule has 0 spiro atoms. The predicted molar refractivity (Wildman–Crippen MR) is 126 cm³/mol. The van der Waals surface area contributed by atoms with E-state index in [1.54, 1.807) is 11.9 Å². The molecule has 0 saturated carbocycles. The number of hydrogen-bond donors (Lipinski definition) is 1. The van der Waals surface area contributed by atoms with Crippen LogP contribution in [0.15, 0.2) is 35.1 Å². The van der Waals surface area contributed by atoms with Gasteiger partial charge >= 0.3 is 0 Å². The van der Waals surface area contributed by atoms with E-state index in [1.165, 1.54) is 6.07 Å². The molecule has 1 saturated heterocycles. The Hall–Kier alpha value is -2.69. The van der Waals surface area contributed by atoms with Crippen molar-refractivity contribution in [3.8, 4) is 0 Å². The summed E-state index contributed by atoms with van der Waals surface area (Å²) in [5.41, 5.74) is 5.31. The molecule has 1 aromatic carbocycles. The van der Waals surface area contributed by atoms with Gasteiger partial charge < -0.3 is 15.5 Å². The van der Waals surface area contributed by atoms with Crippen molar-refractivity contribution < 1.29 is 13.6 Å². The van der Waals surface area contributed by atoms with Crippen LogP contribution in [0.2, 0.25) is 0 Å². The third kappa shape index (κ3) is 5.56. The number of aliphatic imine (C=N–C) groups is 1. The SMILES string of the molecule is CC/C=C(\N=C/CN1CCN(C)CC1)N(C)c1nc(N)c(C(=O)c2c(F)cccc2F)s1. The van der Waals surface area contributed by atoms with Crippen molar-refractivity contribution in [1.29, 1.82) is 0 Å². The molecule has 0 atom stereocenters. The van der Waals surface area contributed by atoms with Gasteiger partial charge in [0.05, 0.1) is 5.56 Å². The highest BCUT2D eigenvalue weighted by molar-refractivity contribution is 7.18. The van der Waals surface area contributed by atoms with Crippen molar-refractivity contribution in [2.45, 2.75) is 13.3 Å². The van der Waals surface area contributed by atoms with Crippen LogP contribution in [0, 0.1) is 11.6 Å². The van der Waals surface area contributed by atoms with E-state index in [0.29, 0.717) is 11.0 Å². The van der Waals surface area contributed by atoms with Crippen molar-refractivity contribution in [2.75, 3.05) is 57.5 Å². The third-order valence-corrected chi connectivity index (χ3v) is 6.36. The van der Waals surface area contributed by atoms with E-state index in [9.17, 15) is 13.6 Å². The Morgan fingerprint density at radius 3 is 2.56 bits per heavy atom. The number of thiazole rings is 1. The third-order valence-electron chi connectivity index (χ3n) is 5.21. The number of ketones is 1. The van der Waals surface area contributed by atoms with Crippen molar-refractivity contribution in [2.24, 2.45) is 4.99 Å². The fourth-order valence-corrected chi connectivity index (χ4v) is 4.19. The molecule has 0 unspecified atom stereocenters. The molecule has 2 N–H and O–H groups in total. The smallest absolute Gasteiger partial charge is 0.212 e. The first kappa shape index (κ1) is 24.0. The second kappa shape index (κ2) is 10.8. The summed E-state index contributed by atoms with van der Waals surface area (Å²) in [6, 6.07) is 3.29. The van der Waals surface area contributed by atoms with Gasteiger partial charge in [-0.1, -0.05) is 24.3 Å². The number of carbonyl (C=O) groups is 1. The number of nitrogen functional groups attached to an aromatic ring is 1. The van der Waals surface area contributed by atoms with Crippen molar-refractivity contribution >= 4 is 34.3 Å². The summed E-state index contributed by atoms with van der Waals surface area (Å²) in [6.07, 6.45) is 4.55. The number of hydrogen-bond acceptors (Lipinski definition) is 8. The maximum absolute atomic E-state index is 14.1.